The van der Waals surface area contributed by atoms with E-state index in [9.17, 15) is 9.18 Å². The van der Waals surface area contributed by atoms with Crippen molar-refractivity contribution in [3.63, 3.8) is 0 Å². The fourth-order valence-electron chi connectivity index (χ4n) is 0.787. The Morgan fingerprint density at radius 3 is 2.73 bits per heavy atom. The van der Waals surface area contributed by atoms with Crippen LogP contribution in [0.3, 0.4) is 0 Å². The predicted molar refractivity (Wildman–Crippen MR) is 42.4 cm³/mol. The van der Waals surface area contributed by atoms with E-state index in [2.05, 4.69) is 4.98 Å². The summed E-state index contributed by atoms with van der Waals surface area (Å²) in [6.45, 7) is 1.30. The topological polar surface area (TPSA) is 30.0 Å². The monoisotopic (exact) mass is 151 g/mol. The number of rotatable bonds is 1. The third-order valence-electron chi connectivity index (χ3n) is 1.32. The summed E-state index contributed by atoms with van der Waals surface area (Å²) in [6, 6.07) is 2.78. The average molecular weight is 151 g/mol. The average Bonchev–Trinajstić information content (AvgIpc) is 1.94. The van der Waals surface area contributed by atoms with Crippen LogP contribution < -0.4 is 5.59 Å². The standard InChI is InChI=1S/C7H7BFNO/c1-4(11)7-5(9)2-3-6(8)10-7/h2-3H,8H2,1H3. The molecule has 0 saturated heterocycles. The molecular formula is C7H7BFNO. The van der Waals surface area contributed by atoms with Crippen molar-refractivity contribution in [1.29, 1.82) is 0 Å². The van der Waals surface area contributed by atoms with Crippen LogP contribution in [0.25, 0.3) is 0 Å². The van der Waals surface area contributed by atoms with E-state index >= 15 is 0 Å². The fraction of sp³-hybridized carbons (Fsp3) is 0.143. The molecule has 0 spiro atoms. The summed E-state index contributed by atoms with van der Waals surface area (Å²) in [5.74, 6) is -0.894. The lowest BCUT2D eigenvalue weighted by atomic mass is 10.0. The summed E-state index contributed by atoms with van der Waals surface area (Å²) in [5.41, 5.74) is 0.571. The van der Waals surface area contributed by atoms with Gasteiger partial charge in [0.05, 0.1) is 0 Å². The molecule has 0 aliphatic carbocycles. The van der Waals surface area contributed by atoms with Crippen LogP contribution in [0.1, 0.15) is 17.4 Å². The Morgan fingerprint density at radius 2 is 2.27 bits per heavy atom. The van der Waals surface area contributed by atoms with Crippen LogP contribution in [-0.2, 0) is 0 Å². The summed E-state index contributed by atoms with van der Waals surface area (Å²) < 4.78 is 12.7. The first-order chi connectivity index (χ1) is 5.11. The molecule has 0 unspecified atom stereocenters. The molecule has 0 saturated carbocycles. The van der Waals surface area contributed by atoms with Crippen LogP contribution in [0.5, 0.6) is 0 Å². The number of aromatic nitrogens is 1. The van der Waals surface area contributed by atoms with E-state index in [1.165, 1.54) is 19.1 Å². The Hall–Kier alpha value is -1.19. The van der Waals surface area contributed by atoms with E-state index in [1.807, 2.05) is 0 Å². The van der Waals surface area contributed by atoms with Gasteiger partial charge in [0.2, 0.25) is 0 Å². The second-order valence-electron chi connectivity index (χ2n) is 2.34. The van der Waals surface area contributed by atoms with Gasteiger partial charge < -0.3 is 0 Å². The third-order valence-corrected chi connectivity index (χ3v) is 1.32. The van der Waals surface area contributed by atoms with Crippen LogP contribution in [0.2, 0.25) is 0 Å². The summed E-state index contributed by atoms with van der Waals surface area (Å²) >= 11 is 0. The van der Waals surface area contributed by atoms with Gasteiger partial charge in [-0.15, -0.1) is 0 Å². The molecule has 0 aliphatic heterocycles. The number of hydrogen-bond donors (Lipinski definition) is 0. The predicted octanol–water partition coefficient (Wildman–Crippen LogP) is -0.318. The second-order valence-corrected chi connectivity index (χ2v) is 2.34. The molecule has 1 heterocycles. The van der Waals surface area contributed by atoms with Crippen molar-refractivity contribution >= 4 is 19.2 Å². The van der Waals surface area contributed by atoms with Crippen molar-refractivity contribution < 1.29 is 9.18 Å². The lowest BCUT2D eigenvalue weighted by Crippen LogP contribution is -2.14. The van der Waals surface area contributed by atoms with Crippen LogP contribution in [0, 0.1) is 5.82 Å². The summed E-state index contributed by atoms with van der Waals surface area (Å²) in [5, 5.41) is 0. The second kappa shape index (κ2) is 2.82. The van der Waals surface area contributed by atoms with Gasteiger partial charge in [-0.3, -0.25) is 9.78 Å². The number of halogens is 1. The highest BCUT2D eigenvalue weighted by molar-refractivity contribution is 6.30. The van der Waals surface area contributed by atoms with Crippen molar-refractivity contribution in [2.75, 3.05) is 0 Å². The van der Waals surface area contributed by atoms with Gasteiger partial charge in [0.1, 0.15) is 5.69 Å². The lowest BCUT2D eigenvalue weighted by Gasteiger charge is -1.97. The molecule has 0 radical (unpaired) electrons. The molecule has 1 aromatic rings. The van der Waals surface area contributed by atoms with Crippen LogP contribution in [-0.4, -0.2) is 18.6 Å². The van der Waals surface area contributed by atoms with Crippen molar-refractivity contribution in [1.82, 2.24) is 4.98 Å². The normalized spacial score (nSPS) is 9.64. The Bertz CT molecular complexity index is 300. The molecule has 0 bridgehead atoms. The maximum absolute atomic E-state index is 12.7. The van der Waals surface area contributed by atoms with E-state index < -0.39 is 5.82 Å². The maximum atomic E-state index is 12.7. The minimum atomic E-state index is -0.553. The van der Waals surface area contributed by atoms with Gasteiger partial charge >= 0.3 is 0 Å². The zero-order chi connectivity index (χ0) is 8.43. The Balaban J connectivity index is 3.23. The molecule has 11 heavy (non-hydrogen) atoms. The first kappa shape index (κ1) is 7.92. The van der Waals surface area contributed by atoms with Crippen LogP contribution in [0.15, 0.2) is 12.1 Å². The number of ketones is 1. The Morgan fingerprint density at radius 1 is 1.64 bits per heavy atom. The number of pyridine rings is 1. The Labute approximate surface area is 64.9 Å². The van der Waals surface area contributed by atoms with Gasteiger partial charge in [-0.2, -0.15) is 0 Å². The first-order valence-corrected chi connectivity index (χ1v) is 3.25. The van der Waals surface area contributed by atoms with Gasteiger partial charge in [0, 0.05) is 6.92 Å². The van der Waals surface area contributed by atoms with Crippen molar-refractivity contribution in [3.8, 4) is 0 Å². The fourth-order valence-corrected chi connectivity index (χ4v) is 0.787. The van der Waals surface area contributed by atoms with Gasteiger partial charge in [0.25, 0.3) is 0 Å². The number of carbonyl (C=O) groups excluding carboxylic acids is 1. The van der Waals surface area contributed by atoms with E-state index in [1.54, 1.807) is 7.85 Å². The van der Waals surface area contributed by atoms with E-state index in [-0.39, 0.29) is 11.5 Å². The molecule has 0 aromatic carbocycles. The molecule has 0 fully saturated rings. The zero-order valence-corrected chi connectivity index (χ0v) is 6.39. The minimum absolute atomic E-state index is 0.0787. The number of hydrogen-bond acceptors (Lipinski definition) is 2. The highest BCUT2D eigenvalue weighted by atomic mass is 19.1. The van der Waals surface area contributed by atoms with E-state index in [0.717, 1.165) is 0 Å². The molecular weight excluding hydrogens is 144 g/mol. The maximum Gasteiger partial charge on any atom is 0.181 e. The number of nitrogens with zero attached hydrogens (tertiary/aromatic N) is 1. The highest BCUT2D eigenvalue weighted by Gasteiger charge is 2.07. The van der Waals surface area contributed by atoms with Crippen molar-refractivity contribution in [3.05, 3.63) is 23.6 Å². The summed E-state index contributed by atoms with van der Waals surface area (Å²) in [4.78, 5) is 14.5. The molecule has 0 N–H and O–H groups in total. The van der Waals surface area contributed by atoms with E-state index in [0.29, 0.717) is 5.59 Å². The quantitative estimate of drug-likeness (QED) is 0.406. The minimum Gasteiger partial charge on any atom is -0.293 e. The molecule has 4 heteroatoms. The lowest BCUT2D eigenvalue weighted by molar-refractivity contribution is 0.100. The summed E-state index contributed by atoms with van der Waals surface area (Å²) in [7, 11) is 1.71. The van der Waals surface area contributed by atoms with Gasteiger partial charge in [-0.25, -0.2) is 4.39 Å². The highest BCUT2D eigenvalue weighted by Crippen LogP contribution is 2.00. The van der Waals surface area contributed by atoms with Gasteiger partial charge in [0.15, 0.2) is 19.4 Å². The van der Waals surface area contributed by atoms with E-state index in [4.69, 9.17) is 0 Å². The molecule has 1 aromatic heterocycles. The van der Waals surface area contributed by atoms with Crippen LogP contribution in [0.4, 0.5) is 4.39 Å². The van der Waals surface area contributed by atoms with Crippen molar-refractivity contribution in [2.24, 2.45) is 0 Å². The zero-order valence-electron chi connectivity index (χ0n) is 6.39. The number of Topliss-reactive ketones (excluding diaryl/α,β-unsaturated/α-hetero) is 1. The smallest absolute Gasteiger partial charge is 0.181 e. The molecule has 56 valence electrons. The van der Waals surface area contributed by atoms with Crippen molar-refractivity contribution in [2.45, 2.75) is 6.92 Å². The molecule has 2 nitrogen and oxygen atoms in total. The largest absolute Gasteiger partial charge is 0.293 e. The Kier molecular flexibility index (Phi) is 2.03. The van der Waals surface area contributed by atoms with Crippen LogP contribution >= 0.6 is 0 Å². The van der Waals surface area contributed by atoms with Gasteiger partial charge in [-0.1, -0.05) is 0 Å². The molecule has 0 aliphatic rings. The SMILES string of the molecule is Bc1ccc(F)c(C(C)=O)n1. The number of carbonyl (C=O) groups is 1. The molecule has 0 atom stereocenters. The first-order valence-electron chi connectivity index (χ1n) is 3.25. The molecule has 1 rings (SSSR count). The third kappa shape index (κ3) is 1.64. The van der Waals surface area contributed by atoms with Gasteiger partial charge in [-0.05, 0) is 17.7 Å². The molecule has 0 amide bonds. The summed E-state index contributed by atoms with van der Waals surface area (Å²) in [6.07, 6.45) is 0.